The van der Waals surface area contributed by atoms with E-state index in [2.05, 4.69) is 0 Å². The molecule has 0 atom stereocenters. The highest BCUT2D eigenvalue weighted by Crippen LogP contribution is 2.23. The van der Waals surface area contributed by atoms with E-state index in [-0.39, 0.29) is 19.0 Å². The quantitative estimate of drug-likeness (QED) is 0.816. The first-order chi connectivity index (χ1) is 10.2. The van der Waals surface area contributed by atoms with Crippen LogP contribution in [0.5, 0.6) is 0 Å². The zero-order valence-corrected chi connectivity index (χ0v) is 14.6. The van der Waals surface area contributed by atoms with Gasteiger partial charge in [-0.25, -0.2) is 0 Å². The SMILES string of the molecule is CN(C)S(=O)(=O)N1CCN(C(=O)c2cc(Cl)ccc2Cl)CC1. The Kier molecular flexibility index (Phi) is 5.34. The zero-order chi connectivity index (χ0) is 16.5. The molecule has 1 aliphatic heterocycles. The van der Waals surface area contributed by atoms with Gasteiger partial charge in [0.1, 0.15) is 0 Å². The van der Waals surface area contributed by atoms with Gasteiger partial charge in [-0.05, 0) is 18.2 Å². The number of hydrogen-bond acceptors (Lipinski definition) is 3. The Bertz CT molecular complexity index is 671. The van der Waals surface area contributed by atoms with Gasteiger partial charge in [0.25, 0.3) is 16.1 Å². The molecule has 1 aliphatic rings. The van der Waals surface area contributed by atoms with Crippen molar-refractivity contribution >= 4 is 39.3 Å². The Morgan fingerprint density at radius 3 is 2.27 bits per heavy atom. The van der Waals surface area contributed by atoms with E-state index in [0.717, 1.165) is 4.31 Å². The van der Waals surface area contributed by atoms with Crippen molar-refractivity contribution < 1.29 is 13.2 Å². The van der Waals surface area contributed by atoms with Crippen LogP contribution in [0.3, 0.4) is 0 Å². The molecular weight excluding hydrogens is 349 g/mol. The Morgan fingerprint density at radius 1 is 1.14 bits per heavy atom. The lowest BCUT2D eigenvalue weighted by molar-refractivity contribution is 0.0695. The van der Waals surface area contributed by atoms with E-state index >= 15 is 0 Å². The second-order valence-electron chi connectivity index (χ2n) is 5.11. The number of halogens is 2. The fourth-order valence-corrected chi connectivity index (χ4v) is 3.64. The van der Waals surface area contributed by atoms with Crippen molar-refractivity contribution in [2.24, 2.45) is 0 Å². The maximum Gasteiger partial charge on any atom is 0.281 e. The van der Waals surface area contributed by atoms with Crippen LogP contribution in [0.2, 0.25) is 10.0 Å². The van der Waals surface area contributed by atoms with E-state index in [9.17, 15) is 13.2 Å². The summed E-state index contributed by atoms with van der Waals surface area (Å²) in [5.41, 5.74) is 0.332. The first-order valence-corrected chi connectivity index (χ1v) is 8.80. The first kappa shape index (κ1) is 17.5. The van der Waals surface area contributed by atoms with Crippen molar-refractivity contribution in [2.45, 2.75) is 0 Å². The van der Waals surface area contributed by atoms with E-state index in [1.54, 1.807) is 17.0 Å². The molecule has 1 aromatic carbocycles. The van der Waals surface area contributed by atoms with Gasteiger partial charge in [-0.1, -0.05) is 23.2 Å². The van der Waals surface area contributed by atoms with Gasteiger partial charge in [-0.15, -0.1) is 0 Å². The molecular formula is C13H17Cl2N3O3S. The minimum atomic E-state index is -3.45. The Balaban J connectivity index is 2.09. The molecule has 0 saturated carbocycles. The summed E-state index contributed by atoms with van der Waals surface area (Å²) >= 11 is 11.9. The van der Waals surface area contributed by atoms with E-state index in [4.69, 9.17) is 23.2 Å². The molecule has 0 bridgehead atoms. The number of benzene rings is 1. The highest BCUT2D eigenvalue weighted by Gasteiger charge is 2.31. The number of rotatable bonds is 3. The highest BCUT2D eigenvalue weighted by atomic mass is 35.5. The molecule has 1 aromatic rings. The Hall–Kier alpha value is -0.860. The molecule has 2 rings (SSSR count). The minimum absolute atomic E-state index is 0.241. The van der Waals surface area contributed by atoms with Crippen molar-refractivity contribution in [3.05, 3.63) is 33.8 Å². The summed E-state index contributed by atoms with van der Waals surface area (Å²) in [6.45, 7) is 1.14. The molecule has 1 heterocycles. The van der Waals surface area contributed by atoms with Crippen LogP contribution in [0.15, 0.2) is 18.2 Å². The molecule has 0 radical (unpaired) electrons. The maximum atomic E-state index is 12.5. The first-order valence-electron chi connectivity index (χ1n) is 6.65. The second kappa shape index (κ2) is 6.72. The van der Waals surface area contributed by atoms with Crippen molar-refractivity contribution in [1.29, 1.82) is 0 Å². The van der Waals surface area contributed by atoms with E-state index in [0.29, 0.717) is 28.7 Å². The number of nitrogens with zero attached hydrogens (tertiary/aromatic N) is 3. The number of piperazine rings is 1. The van der Waals surface area contributed by atoms with Crippen LogP contribution >= 0.6 is 23.2 Å². The van der Waals surface area contributed by atoms with Crippen LogP contribution in [0.1, 0.15) is 10.4 Å². The van der Waals surface area contributed by atoms with Crippen LogP contribution in [0.4, 0.5) is 0 Å². The molecule has 0 aromatic heterocycles. The lowest BCUT2D eigenvalue weighted by Gasteiger charge is -2.35. The van der Waals surface area contributed by atoms with Gasteiger partial charge in [0, 0.05) is 45.3 Å². The topological polar surface area (TPSA) is 60.9 Å². The number of amides is 1. The van der Waals surface area contributed by atoms with Crippen LogP contribution in [0.25, 0.3) is 0 Å². The minimum Gasteiger partial charge on any atom is -0.336 e. The summed E-state index contributed by atoms with van der Waals surface area (Å²) in [7, 11) is -0.478. The zero-order valence-electron chi connectivity index (χ0n) is 12.3. The summed E-state index contributed by atoms with van der Waals surface area (Å²) in [5, 5.41) is 0.763. The number of carbonyl (C=O) groups excluding carboxylic acids is 1. The predicted octanol–water partition coefficient (Wildman–Crippen LogP) is 1.56. The predicted molar refractivity (Wildman–Crippen MR) is 86.5 cm³/mol. The van der Waals surface area contributed by atoms with Crippen LogP contribution in [-0.2, 0) is 10.2 Å². The smallest absolute Gasteiger partial charge is 0.281 e. The molecule has 0 unspecified atom stereocenters. The highest BCUT2D eigenvalue weighted by molar-refractivity contribution is 7.86. The summed E-state index contributed by atoms with van der Waals surface area (Å²) in [6, 6.07) is 4.71. The molecule has 122 valence electrons. The summed E-state index contributed by atoms with van der Waals surface area (Å²) in [4.78, 5) is 14.1. The van der Waals surface area contributed by atoms with Gasteiger partial charge in [0.15, 0.2) is 0 Å². The standard InChI is InChI=1S/C13H17Cl2N3O3S/c1-16(2)22(20,21)18-7-5-17(6-8-18)13(19)11-9-10(14)3-4-12(11)15/h3-4,9H,5-8H2,1-2H3. The Labute approximate surface area is 140 Å². The van der Waals surface area contributed by atoms with Gasteiger partial charge in [0.2, 0.25) is 0 Å². The van der Waals surface area contributed by atoms with E-state index in [1.165, 1.54) is 24.5 Å². The number of hydrogen-bond donors (Lipinski definition) is 0. The molecule has 9 heteroatoms. The van der Waals surface area contributed by atoms with Gasteiger partial charge in [-0.2, -0.15) is 17.0 Å². The van der Waals surface area contributed by atoms with Gasteiger partial charge in [-0.3, -0.25) is 4.79 Å². The molecule has 1 saturated heterocycles. The molecule has 0 N–H and O–H groups in total. The van der Waals surface area contributed by atoms with Gasteiger partial charge >= 0.3 is 0 Å². The van der Waals surface area contributed by atoms with Crippen molar-refractivity contribution in [2.75, 3.05) is 40.3 Å². The van der Waals surface area contributed by atoms with Crippen molar-refractivity contribution in [3.8, 4) is 0 Å². The molecule has 0 aliphatic carbocycles. The average Bonchev–Trinajstić information content (AvgIpc) is 2.49. The summed E-state index contributed by atoms with van der Waals surface area (Å²) in [6.07, 6.45) is 0. The average molecular weight is 366 g/mol. The lowest BCUT2D eigenvalue weighted by Crippen LogP contribution is -2.53. The Morgan fingerprint density at radius 2 is 1.73 bits per heavy atom. The van der Waals surface area contributed by atoms with Gasteiger partial charge in [0.05, 0.1) is 10.6 Å². The third-order valence-corrected chi connectivity index (χ3v) is 5.98. The fourth-order valence-electron chi connectivity index (χ4n) is 2.18. The third kappa shape index (κ3) is 3.55. The number of carbonyl (C=O) groups is 1. The second-order valence-corrected chi connectivity index (χ2v) is 8.09. The summed E-state index contributed by atoms with van der Waals surface area (Å²) < 4.78 is 26.6. The lowest BCUT2D eigenvalue weighted by atomic mass is 10.2. The van der Waals surface area contributed by atoms with Crippen LogP contribution < -0.4 is 0 Å². The molecule has 22 heavy (non-hydrogen) atoms. The van der Waals surface area contributed by atoms with Crippen LogP contribution in [0, 0.1) is 0 Å². The van der Waals surface area contributed by atoms with Crippen molar-refractivity contribution in [3.63, 3.8) is 0 Å². The molecule has 6 nitrogen and oxygen atoms in total. The monoisotopic (exact) mass is 365 g/mol. The van der Waals surface area contributed by atoms with Gasteiger partial charge < -0.3 is 4.90 Å². The molecule has 1 amide bonds. The third-order valence-electron chi connectivity index (χ3n) is 3.47. The van der Waals surface area contributed by atoms with E-state index < -0.39 is 10.2 Å². The molecule has 0 spiro atoms. The normalized spacial score (nSPS) is 17.0. The fraction of sp³-hybridized carbons (Fsp3) is 0.462. The van der Waals surface area contributed by atoms with Crippen LogP contribution in [-0.4, -0.2) is 68.1 Å². The maximum absolute atomic E-state index is 12.5. The largest absolute Gasteiger partial charge is 0.336 e. The van der Waals surface area contributed by atoms with Crippen molar-refractivity contribution in [1.82, 2.24) is 13.5 Å². The molecule has 1 fully saturated rings. The van der Waals surface area contributed by atoms with E-state index in [1.807, 2.05) is 0 Å². The summed E-state index contributed by atoms with van der Waals surface area (Å²) in [5.74, 6) is -0.241.